The van der Waals surface area contributed by atoms with Crippen LogP contribution in [0.25, 0.3) is 0 Å². The number of aryl methyl sites for hydroxylation is 1. The second kappa shape index (κ2) is 5.18. The smallest absolute Gasteiger partial charge is 0.312 e. The third kappa shape index (κ3) is 2.97. The van der Waals surface area contributed by atoms with Gasteiger partial charge in [-0.2, -0.15) is 0 Å². The topological polar surface area (TPSA) is 74.2 Å². The predicted octanol–water partition coefficient (Wildman–Crippen LogP) is 2.56. The lowest BCUT2D eigenvalue weighted by Crippen LogP contribution is -1.97. The van der Waals surface area contributed by atoms with Crippen LogP contribution >= 0.6 is 15.9 Å². The number of rotatable bonds is 4. The molecule has 0 saturated carbocycles. The molecule has 0 fully saturated rings. The van der Waals surface area contributed by atoms with Gasteiger partial charge in [-0.3, -0.25) is 0 Å². The first-order valence-electron chi connectivity index (χ1n) is 5.18. The summed E-state index contributed by atoms with van der Waals surface area (Å²) in [6, 6.07) is 5.99. The maximum absolute atomic E-state index is 5.54. The van der Waals surface area contributed by atoms with Gasteiger partial charge in [0.05, 0.1) is 4.47 Å². The first kappa shape index (κ1) is 11.9. The zero-order chi connectivity index (χ0) is 12.3. The van der Waals surface area contributed by atoms with Crippen molar-refractivity contribution in [2.45, 2.75) is 20.0 Å². The number of halogens is 1. The molecule has 0 unspecified atom stereocenters. The predicted molar refractivity (Wildman–Crippen MR) is 66.6 cm³/mol. The van der Waals surface area contributed by atoms with Crippen molar-refractivity contribution in [1.82, 2.24) is 10.2 Å². The Kier molecular flexibility index (Phi) is 3.63. The van der Waals surface area contributed by atoms with Crippen LogP contribution in [0.4, 0.5) is 6.01 Å². The van der Waals surface area contributed by atoms with Crippen LogP contribution in [0.2, 0.25) is 0 Å². The van der Waals surface area contributed by atoms with Crippen LogP contribution in [0, 0.1) is 0 Å². The highest BCUT2D eigenvalue weighted by atomic mass is 79.9. The standard InChI is InChI=1S/C11H12BrN3O2/c1-2-7-3-4-9(8(12)5-7)16-6-10-14-15-11(13)17-10/h3-5H,2,6H2,1H3,(H2,13,15). The molecule has 0 aliphatic carbocycles. The minimum atomic E-state index is 0.0454. The highest BCUT2D eigenvalue weighted by Gasteiger charge is 2.06. The first-order valence-corrected chi connectivity index (χ1v) is 5.97. The number of benzene rings is 1. The lowest BCUT2D eigenvalue weighted by molar-refractivity contribution is 0.263. The van der Waals surface area contributed by atoms with E-state index in [1.807, 2.05) is 18.2 Å². The molecule has 0 spiro atoms. The molecule has 0 saturated heterocycles. The van der Waals surface area contributed by atoms with Crippen LogP contribution in [-0.4, -0.2) is 10.2 Å². The Bertz CT molecular complexity index is 513. The number of nitrogen functional groups attached to an aromatic ring is 1. The van der Waals surface area contributed by atoms with E-state index in [0.717, 1.165) is 16.6 Å². The minimum absolute atomic E-state index is 0.0454. The summed E-state index contributed by atoms with van der Waals surface area (Å²) in [6.45, 7) is 2.30. The summed E-state index contributed by atoms with van der Waals surface area (Å²) in [7, 11) is 0. The van der Waals surface area contributed by atoms with E-state index in [1.54, 1.807) is 0 Å². The average Bonchev–Trinajstić information content (AvgIpc) is 2.73. The normalized spacial score (nSPS) is 10.5. The van der Waals surface area contributed by atoms with Gasteiger partial charge in [0.2, 0.25) is 0 Å². The van der Waals surface area contributed by atoms with Crippen molar-refractivity contribution in [3.05, 3.63) is 34.1 Å². The van der Waals surface area contributed by atoms with Crippen molar-refractivity contribution >= 4 is 21.9 Å². The molecule has 6 heteroatoms. The molecule has 1 aromatic heterocycles. The summed E-state index contributed by atoms with van der Waals surface area (Å²) in [5.74, 6) is 1.09. The third-order valence-electron chi connectivity index (χ3n) is 2.24. The number of hydrogen-bond donors (Lipinski definition) is 1. The molecule has 0 radical (unpaired) electrons. The zero-order valence-electron chi connectivity index (χ0n) is 9.31. The van der Waals surface area contributed by atoms with Gasteiger partial charge in [0, 0.05) is 0 Å². The SMILES string of the molecule is CCc1ccc(OCc2nnc(N)o2)c(Br)c1. The van der Waals surface area contributed by atoms with Crippen molar-refractivity contribution in [2.24, 2.45) is 0 Å². The number of aromatic nitrogens is 2. The van der Waals surface area contributed by atoms with Crippen molar-refractivity contribution in [3.63, 3.8) is 0 Å². The Hall–Kier alpha value is -1.56. The molecule has 0 atom stereocenters. The Morgan fingerprint density at radius 3 is 2.82 bits per heavy atom. The van der Waals surface area contributed by atoms with E-state index in [1.165, 1.54) is 5.56 Å². The third-order valence-corrected chi connectivity index (χ3v) is 2.86. The lowest BCUT2D eigenvalue weighted by atomic mass is 10.2. The second-order valence-electron chi connectivity index (χ2n) is 3.44. The molecule has 90 valence electrons. The van der Waals surface area contributed by atoms with Gasteiger partial charge in [-0.1, -0.05) is 18.1 Å². The van der Waals surface area contributed by atoms with Crippen LogP contribution in [0.5, 0.6) is 5.75 Å². The van der Waals surface area contributed by atoms with Gasteiger partial charge in [-0.05, 0) is 40.0 Å². The second-order valence-corrected chi connectivity index (χ2v) is 4.30. The molecule has 0 aliphatic rings. The molecule has 1 heterocycles. The summed E-state index contributed by atoms with van der Waals surface area (Å²) in [4.78, 5) is 0. The van der Waals surface area contributed by atoms with Crippen LogP contribution < -0.4 is 10.5 Å². The highest BCUT2D eigenvalue weighted by molar-refractivity contribution is 9.10. The van der Waals surface area contributed by atoms with E-state index in [-0.39, 0.29) is 12.6 Å². The van der Waals surface area contributed by atoms with E-state index in [4.69, 9.17) is 14.9 Å². The van der Waals surface area contributed by atoms with Gasteiger partial charge in [-0.25, -0.2) is 0 Å². The van der Waals surface area contributed by atoms with Crippen molar-refractivity contribution < 1.29 is 9.15 Å². The van der Waals surface area contributed by atoms with Gasteiger partial charge in [0.25, 0.3) is 5.89 Å². The number of hydrogen-bond acceptors (Lipinski definition) is 5. The molecule has 0 amide bonds. The van der Waals surface area contributed by atoms with Crippen LogP contribution in [-0.2, 0) is 13.0 Å². The van der Waals surface area contributed by atoms with E-state index in [2.05, 4.69) is 33.1 Å². The molecular weight excluding hydrogens is 286 g/mol. The van der Waals surface area contributed by atoms with Crippen molar-refractivity contribution in [3.8, 4) is 5.75 Å². The lowest BCUT2D eigenvalue weighted by Gasteiger charge is -2.07. The zero-order valence-corrected chi connectivity index (χ0v) is 10.9. The van der Waals surface area contributed by atoms with Gasteiger partial charge in [0.15, 0.2) is 6.61 Å². The highest BCUT2D eigenvalue weighted by Crippen LogP contribution is 2.26. The van der Waals surface area contributed by atoms with Crippen LogP contribution in [0.1, 0.15) is 18.4 Å². The summed E-state index contributed by atoms with van der Waals surface area (Å²) < 4.78 is 11.4. The molecule has 2 rings (SSSR count). The van der Waals surface area contributed by atoms with Crippen molar-refractivity contribution in [2.75, 3.05) is 5.73 Å². The molecule has 0 aliphatic heterocycles. The minimum Gasteiger partial charge on any atom is -0.483 e. The fourth-order valence-corrected chi connectivity index (χ4v) is 1.89. The summed E-state index contributed by atoms with van der Waals surface area (Å²) in [5.41, 5.74) is 6.55. The molecule has 5 nitrogen and oxygen atoms in total. The van der Waals surface area contributed by atoms with E-state index < -0.39 is 0 Å². The van der Waals surface area contributed by atoms with Crippen molar-refractivity contribution in [1.29, 1.82) is 0 Å². The molecule has 0 bridgehead atoms. The molecule has 2 N–H and O–H groups in total. The van der Waals surface area contributed by atoms with Gasteiger partial charge < -0.3 is 14.9 Å². The maximum Gasteiger partial charge on any atom is 0.312 e. The summed E-state index contributed by atoms with van der Waals surface area (Å²) in [6.07, 6.45) is 0.985. The molecule has 17 heavy (non-hydrogen) atoms. The Morgan fingerprint density at radius 1 is 1.41 bits per heavy atom. The fourth-order valence-electron chi connectivity index (χ4n) is 1.35. The Labute approximate surface area is 107 Å². The fraction of sp³-hybridized carbons (Fsp3) is 0.273. The molecule has 2 aromatic rings. The Morgan fingerprint density at radius 2 is 2.24 bits per heavy atom. The molecule has 1 aromatic carbocycles. The quantitative estimate of drug-likeness (QED) is 0.939. The Balaban J connectivity index is 2.04. The van der Waals surface area contributed by atoms with Crippen LogP contribution in [0.15, 0.2) is 27.1 Å². The van der Waals surface area contributed by atoms with Gasteiger partial charge in [-0.15, -0.1) is 5.10 Å². The summed E-state index contributed by atoms with van der Waals surface area (Å²) >= 11 is 3.45. The number of nitrogens with two attached hydrogens (primary N) is 1. The first-order chi connectivity index (χ1) is 8.19. The number of nitrogens with zero attached hydrogens (tertiary/aromatic N) is 2. The van der Waals surface area contributed by atoms with E-state index in [0.29, 0.717) is 5.89 Å². The van der Waals surface area contributed by atoms with Gasteiger partial charge in [0.1, 0.15) is 5.75 Å². The van der Waals surface area contributed by atoms with E-state index >= 15 is 0 Å². The number of ether oxygens (including phenoxy) is 1. The molecular formula is C11H12BrN3O2. The van der Waals surface area contributed by atoms with E-state index in [9.17, 15) is 0 Å². The largest absolute Gasteiger partial charge is 0.483 e. The number of anilines is 1. The maximum atomic E-state index is 5.54. The van der Waals surface area contributed by atoms with Gasteiger partial charge >= 0.3 is 6.01 Å². The average molecular weight is 298 g/mol. The van der Waals surface area contributed by atoms with Crippen LogP contribution in [0.3, 0.4) is 0 Å². The monoisotopic (exact) mass is 297 g/mol. The summed E-state index contributed by atoms with van der Waals surface area (Å²) in [5, 5.41) is 7.26.